The number of benzene rings is 4. The maximum absolute atomic E-state index is 5.94. The third-order valence-corrected chi connectivity index (χ3v) is 4.93. The molecular formula is C26H20ClN3. The second-order valence-corrected chi connectivity index (χ2v) is 6.94. The molecule has 0 aliphatic rings. The van der Waals surface area contributed by atoms with Crippen LogP contribution in [0.15, 0.2) is 112 Å². The van der Waals surface area contributed by atoms with E-state index in [0.717, 1.165) is 33.0 Å². The zero-order chi connectivity index (χ0) is 20.8. The molecule has 0 bridgehead atoms. The summed E-state index contributed by atoms with van der Waals surface area (Å²) >= 11 is 5.94. The van der Waals surface area contributed by atoms with Crippen LogP contribution < -0.4 is 0 Å². The van der Waals surface area contributed by atoms with Crippen molar-refractivity contribution in [1.29, 1.82) is 0 Å². The van der Waals surface area contributed by atoms with E-state index in [1.54, 1.807) is 0 Å². The number of alkyl halides is 1. The molecule has 0 saturated heterocycles. The van der Waals surface area contributed by atoms with Gasteiger partial charge in [0.25, 0.3) is 0 Å². The minimum atomic E-state index is 0.111. The zero-order valence-electron chi connectivity index (χ0n) is 16.4. The van der Waals surface area contributed by atoms with Crippen LogP contribution in [0, 0.1) is 0 Å². The zero-order valence-corrected chi connectivity index (χ0v) is 17.1. The number of hydrogen-bond donors (Lipinski definition) is 0. The smallest absolute Gasteiger partial charge is 0.161 e. The molecule has 0 atom stereocenters. The van der Waals surface area contributed by atoms with Crippen molar-refractivity contribution in [1.82, 2.24) is 0 Å². The summed E-state index contributed by atoms with van der Waals surface area (Å²) < 4.78 is 0. The van der Waals surface area contributed by atoms with E-state index in [1.807, 2.05) is 48.5 Å². The second-order valence-electron chi connectivity index (χ2n) is 6.70. The third kappa shape index (κ3) is 4.37. The van der Waals surface area contributed by atoms with Crippen molar-refractivity contribution in [2.24, 2.45) is 15.0 Å². The summed E-state index contributed by atoms with van der Waals surface area (Å²) in [5, 5.41) is 2.28. The molecule has 146 valence electrons. The van der Waals surface area contributed by atoms with Gasteiger partial charge >= 0.3 is 0 Å². The fourth-order valence-electron chi connectivity index (χ4n) is 3.34. The van der Waals surface area contributed by atoms with Gasteiger partial charge in [-0.05, 0) is 40.7 Å². The van der Waals surface area contributed by atoms with E-state index >= 15 is 0 Å². The number of hydrogen-bond acceptors (Lipinski definition) is 1. The molecule has 0 aliphatic carbocycles. The summed E-state index contributed by atoms with van der Waals surface area (Å²) in [5.41, 5.74) is 3.97. The predicted molar refractivity (Wildman–Crippen MR) is 129 cm³/mol. The molecule has 0 saturated carbocycles. The fraction of sp³-hybridized carbons (Fsp3) is 0.0385. The van der Waals surface area contributed by atoms with Crippen LogP contribution in [-0.2, 0) is 0 Å². The number of fused-ring (bicyclic) bond motifs is 1. The molecular weight excluding hydrogens is 390 g/mol. The molecule has 4 rings (SSSR count). The van der Waals surface area contributed by atoms with Crippen LogP contribution in [0.2, 0.25) is 0 Å². The van der Waals surface area contributed by atoms with Crippen LogP contribution in [-0.4, -0.2) is 24.4 Å². The monoisotopic (exact) mass is 409 g/mol. The lowest BCUT2D eigenvalue weighted by Gasteiger charge is -2.08. The van der Waals surface area contributed by atoms with Gasteiger partial charge in [0.2, 0.25) is 0 Å². The van der Waals surface area contributed by atoms with Crippen LogP contribution in [0.4, 0.5) is 0 Å². The van der Waals surface area contributed by atoms with Crippen molar-refractivity contribution in [3.05, 3.63) is 108 Å². The Morgan fingerprint density at radius 3 is 2.13 bits per heavy atom. The van der Waals surface area contributed by atoms with Gasteiger partial charge in [0.05, 0.1) is 0 Å². The van der Waals surface area contributed by atoms with Crippen LogP contribution in [0.1, 0.15) is 11.1 Å². The van der Waals surface area contributed by atoms with E-state index in [0.29, 0.717) is 11.7 Å². The first kappa shape index (κ1) is 19.7. The van der Waals surface area contributed by atoms with Gasteiger partial charge in [-0.2, -0.15) is 0 Å². The minimum Gasteiger partial charge on any atom is -0.250 e. The summed E-state index contributed by atoms with van der Waals surface area (Å²) in [4.78, 5) is 13.3. The largest absolute Gasteiger partial charge is 0.250 e. The second kappa shape index (κ2) is 9.29. The van der Waals surface area contributed by atoms with E-state index in [9.17, 15) is 0 Å². The number of rotatable bonds is 4. The Kier molecular flexibility index (Phi) is 6.11. The van der Waals surface area contributed by atoms with E-state index in [4.69, 9.17) is 16.6 Å². The number of halogens is 1. The quantitative estimate of drug-likeness (QED) is 0.158. The molecule has 4 heteroatoms. The maximum atomic E-state index is 5.94. The number of aliphatic imine (C=N–C) groups is 3. The summed E-state index contributed by atoms with van der Waals surface area (Å²) in [6.07, 6.45) is 0. The van der Waals surface area contributed by atoms with Crippen molar-refractivity contribution in [2.75, 3.05) is 6.00 Å². The fourth-order valence-corrected chi connectivity index (χ4v) is 3.45. The Bertz CT molecular complexity index is 1240. The molecule has 0 radical (unpaired) electrons. The van der Waals surface area contributed by atoms with E-state index < -0.39 is 0 Å². The van der Waals surface area contributed by atoms with E-state index in [2.05, 4.69) is 65.2 Å². The average Bonchev–Trinajstić information content (AvgIpc) is 2.82. The molecule has 0 aromatic heterocycles. The maximum Gasteiger partial charge on any atom is 0.161 e. The SMILES string of the molecule is C=N/C(=N\C(=N/CCl)c1ccc2ccccc2c1)c1cccc(-c2ccccc2)c1. The van der Waals surface area contributed by atoms with Crippen LogP contribution in [0.5, 0.6) is 0 Å². The Labute approximate surface area is 181 Å². The van der Waals surface area contributed by atoms with Gasteiger partial charge in [-0.1, -0.05) is 84.9 Å². The van der Waals surface area contributed by atoms with Gasteiger partial charge < -0.3 is 0 Å². The molecule has 3 nitrogen and oxygen atoms in total. The Morgan fingerprint density at radius 2 is 1.37 bits per heavy atom. The van der Waals surface area contributed by atoms with Crippen molar-refractivity contribution in [2.45, 2.75) is 0 Å². The normalized spacial score (nSPS) is 12.2. The van der Waals surface area contributed by atoms with Gasteiger partial charge in [-0.15, -0.1) is 11.6 Å². The molecule has 0 amide bonds. The average molecular weight is 410 g/mol. The standard InChI is InChI=1S/C26H20ClN3/c1-28-25(23-13-7-12-22(16-23)19-8-3-2-4-9-19)30-26(29-18-27)24-15-14-20-10-5-6-11-21(20)17-24/h2-17H,1,18H2/b29-26-,30-25-. The van der Waals surface area contributed by atoms with Gasteiger partial charge in [0.15, 0.2) is 11.7 Å². The summed E-state index contributed by atoms with van der Waals surface area (Å²) in [5.74, 6) is 1.04. The van der Waals surface area contributed by atoms with E-state index in [-0.39, 0.29) is 6.00 Å². The minimum absolute atomic E-state index is 0.111. The first-order valence-corrected chi connectivity index (χ1v) is 10.1. The predicted octanol–water partition coefficient (Wildman–Crippen LogP) is 6.60. The highest BCUT2D eigenvalue weighted by molar-refractivity contribution is 6.19. The molecule has 4 aromatic rings. The first-order valence-electron chi connectivity index (χ1n) is 9.59. The molecule has 0 heterocycles. The highest BCUT2D eigenvalue weighted by Gasteiger charge is 2.09. The molecule has 0 N–H and O–H groups in total. The van der Waals surface area contributed by atoms with Gasteiger partial charge in [0, 0.05) is 11.1 Å². The number of amidine groups is 2. The first-order chi connectivity index (χ1) is 14.8. The molecule has 0 fully saturated rings. The highest BCUT2D eigenvalue weighted by atomic mass is 35.5. The van der Waals surface area contributed by atoms with Crippen molar-refractivity contribution < 1.29 is 0 Å². The molecule has 4 aromatic carbocycles. The van der Waals surface area contributed by atoms with Crippen molar-refractivity contribution >= 4 is 40.8 Å². The topological polar surface area (TPSA) is 37.1 Å². The summed E-state index contributed by atoms with van der Waals surface area (Å²) in [7, 11) is 0. The molecule has 0 spiro atoms. The molecule has 30 heavy (non-hydrogen) atoms. The van der Waals surface area contributed by atoms with Crippen LogP contribution in [0.25, 0.3) is 21.9 Å². The Morgan fingerprint density at radius 1 is 0.667 bits per heavy atom. The van der Waals surface area contributed by atoms with Crippen molar-refractivity contribution in [3.8, 4) is 11.1 Å². The third-order valence-electron chi connectivity index (χ3n) is 4.81. The summed E-state index contributed by atoms with van der Waals surface area (Å²) in [6.45, 7) is 3.73. The van der Waals surface area contributed by atoms with E-state index in [1.165, 1.54) is 0 Å². The molecule has 0 unspecified atom stereocenters. The van der Waals surface area contributed by atoms with Gasteiger partial charge in [0.1, 0.15) is 6.00 Å². The number of nitrogens with zero attached hydrogens (tertiary/aromatic N) is 3. The summed E-state index contributed by atoms with van der Waals surface area (Å²) in [6, 6.07) is 32.7. The van der Waals surface area contributed by atoms with Crippen molar-refractivity contribution in [3.63, 3.8) is 0 Å². The Hall–Kier alpha value is -3.56. The molecule has 0 aliphatic heterocycles. The lowest BCUT2D eigenvalue weighted by atomic mass is 10.0. The van der Waals surface area contributed by atoms with Crippen LogP contribution in [0.3, 0.4) is 0 Å². The van der Waals surface area contributed by atoms with Gasteiger partial charge in [-0.25, -0.2) is 15.0 Å². The van der Waals surface area contributed by atoms with Crippen LogP contribution >= 0.6 is 11.6 Å². The van der Waals surface area contributed by atoms with Gasteiger partial charge in [-0.3, -0.25) is 0 Å². The lowest BCUT2D eigenvalue weighted by Crippen LogP contribution is -2.05. The Balaban J connectivity index is 1.75. The lowest BCUT2D eigenvalue weighted by molar-refractivity contribution is 1.32. The highest BCUT2D eigenvalue weighted by Crippen LogP contribution is 2.21.